The Hall–Kier alpha value is -0.760. The number of carbonyl (C=O) groups is 1. The topological polar surface area (TPSA) is 37.3 Å². The molecular weight excluding hydrogens is 164 g/mol. The number of hydrogen-bond donors (Lipinski definition) is 1. The number of ketones is 1. The molecule has 1 aliphatic carbocycles. The van der Waals surface area contributed by atoms with Gasteiger partial charge in [0, 0.05) is 23.1 Å². The summed E-state index contributed by atoms with van der Waals surface area (Å²) < 4.78 is 0. The average molecular weight is 173 g/mol. The maximum atomic E-state index is 10.8. The predicted octanol–water partition coefficient (Wildman–Crippen LogP) is 2.30. The molecule has 0 unspecified atom stereocenters. The number of rotatable bonds is 1. The van der Waals surface area contributed by atoms with Crippen molar-refractivity contribution >= 4 is 17.4 Å². The van der Waals surface area contributed by atoms with Crippen LogP contribution in [0.4, 0.5) is 0 Å². The molecule has 0 fully saturated rings. The van der Waals surface area contributed by atoms with Gasteiger partial charge in [0.15, 0.2) is 5.78 Å². The van der Waals surface area contributed by atoms with Gasteiger partial charge in [-0.05, 0) is 6.42 Å². The second kappa shape index (κ2) is 3.09. The SMILES string of the molecule is CCC1=C(Cl)CC(=O)C=C1O. The first-order valence-electron chi connectivity index (χ1n) is 3.46. The van der Waals surface area contributed by atoms with Crippen LogP contribution in [-0.2, 0) is 4.79 Å². The van der Waals surface area contributed by atoms with Crippen LogP contribution < -0.4 is 0 Å². The van der Waals surface area contributed by atoms with E-state index in [9.17, 15) is 9.90 Å². The quantitative estimate of drug-likeness (QED) is 0.659. The molecule has 0 saturated carbocycles. The van der Waals surface area contributed by atoms with Crippen LogP contribution in [0.3, 0.4) is 0 Å². The molecule has 0 aromatic rings. The Bertz CT molecular complexity index is 251. The minimum Gasteiger partial charge on any atom is -0.507 e. The Morgan fingerprint density at radius 2 is 2.36 bits per heavy atom. The van der Waals surface area contributed by atoms with E-state index in [0.29, 0.717) is 17.0 Å². The fourth-order valence-corrected chi connectivity index (χ4v) is 1.42. The van der Waals surface area contributed by atoms with Gasteiger partial charge in [-0.3, -0.25) is 4.79 Å². The highest BCUT2D eigenvalue weighted by Crippen LogP contribution is 2.26. The zero-order valence-corrected chi connectivity index (χ0v) is 6.98. The summed E-state index contributed by atoms with van der Waals surface area (Å²) in [5, 5.41) is 9.68. The van der Waals surface area contributed by atoms with Gasteiger partial charge < -0.3 is 5.11 Å². The molecule has 0 radical (unpaired) electrons. The number of aliphatic hydroxyl groups is 1. The van der Waals surface area contributed by atoms with E-state index >= 15 is 0 Å². The molecule has 11 heavy (non-hydrogen) atoms. The van der Waals surface area contributed by atoms with Gasteiger partial charge in [-0.15, -0.1) is 0 Å². The Kier molecular flexibility index (Phi) is 2.35. The lowest BCUT2D eigenvalue weighted by Gasteiger charge is -2.11. The van der Waals surface area contributed by atoms with E-state index in [1.54, 1.807) is 0 Å². The van der Waals surface area contributed by atoms with Crippen molar-refractivity contribution in [3.8, 4) is 0 Å². The largest absolute Gasteiger partial charge is 0.507 e. The van der Waals surface area contributed by atoms with Crippen LogP contribution in [0.15, 0.2) is 22.4 Å². The van der Waals surface area contributed by atoms with Gasteiger partial charge in [-0.25, -0.2) is 0 Å². The lowest BCUT2D eigenvalue weighted by atomic mass is 10.0. The minimum absolute atomic E-state index is 0.0220. The van der Waals surface area contributed by atoms with Crippen molar-refractivity contribution in [2.75, 3.05) is 0 Å². The molecule has 0 heterocycles. The highest BCUT2D eigenvalue weighted by molar-refractivity contribution is 6.32. The molecule has 1 aliphatic rings. The Balaban J connectivity index is 2.99. The number of aliphatic hydroxyl groups excluding tert-OH is 1. The maximum absolute atomic E-state index is 10.8. The number of hydrogen-bond acceptors (Lipinski definition) is 2. The second-order valence-electron chi connectivity index (χ2n) is 2.41. The molecule has 0 amide bonds. The average Bonchev–Trinajstić information content (AvgIpc) is 1.85. The summed E-state index contributed by atoms with van der Waals surface area (Å²) >= 11 is 5.73. The third-order valence-corrected chi connectivity index (χ3v) is 1.98. The van der Waals surface area contributed by atoms with Gasteiger partial charge in [-0.2, -0.15) is 0 Å². The first-order chi connectivity index (χ1) is 5.15. The summed E-state index contributed by atoms with van der Waals surface area (Å²) in [6.45, 7) is 1.89. The van der Waals surface area contributed by atoms with E-state index in [0.717, 1.165) is 0 Å². The Morgan fingerprint density at radius 3 is 2.82 bits per heavy atom. The molecule has 60 valence electrons. The summed E-state index contributed by atoms with van der Waals surface area (Å²) in [7, 11) is 0. The van der Waals surface area contributed by atoms with E-state index in [4.69, 9.17) is 11.6 Å². The van der Waals surface area contributed by atoms with Crippen molar-refractivity contribution in [3.63, 3.8) is 0 Å². The molecule has 0 aromatic heterocycles. The van der Waals surface area contributed by atoms with Crippen molar-refractivity contribution in [3.05, 3.63) is 22.4 Å². The molecule has 2 nitrogen and oxygen atoms in total. The van der Waals surface area contributed by atoms with Gasteiger partial charge >= 0.3 is 0 Å². The number of halogens is 1. The maximum Gasteiger partial charge on any atom is 0.164 e. The van der Waals surface area contributed by atoms with Crippen molar-refractivity contribution in [2.24, 2.45) is 0 Å². The third kappa shape index (κ3) is 1.63. The van der Waals surface area contributed by atoms with Crippen LogP contribution in [0.25, 0.3) is 0 Å². The number of carbonyl (C=O) groups excluding carboxylic acids is 1. The molecular formula is C8H9ClO2. The molecule has 0 aliphatic heterocycles. The van der Waals surface area contributed by atoms with Crippen LogP contribution in [0.1, 0.15) is 19.8 Å². The van der Waals surface area contributed by atoms with Crippen LogP contribution in [0.2, 0.25) is 0 Å². The molecule has 3 heteroatoms. The van der Waals surface area contributed by atoms with Gasteiger partial charge in [0.1, 0.15) is 5.76 Å². The monoisotopic (exact) mass is 172 g/mol. The summed E-state index contributed by atoms with van der Waals surface area (Å²) in [5.41, 5.74) is 0.686. The highest BCUT2D eigenvalue weighted by atomic mass is 35.5. The fraction of sp³-hybridized carbons (Fsp3) is 0.375. The molecule has 0 atom stereocenters. The van der Waals surface area contributed by atoms with Gasteiger partial charge in [-0.1, -0.05) is 18.5 Å². The van der Waals surface area contributed by atoms with Crippen molar-refractivity contribution < 1.29 is 9.90 Å². The summed E-state index contributed by atoms with van der Waals surface area (Å²) in [5.74, 6) is -0.113. The van der Waals surface area contributed by atoms with Gasteiger partial charge in [0.25, 0.3) is 0 Å². The first-order valence-corrected chi connectivity index (χ1v) is 3.84. The van der Waals surface area contributed by atoms with E-state index in [-0.39, 0.29) is 18.0 Å². The van der Waals surface area contributed by atoms with Crippen LogP contribution >= 0.6 is 11.6 Å². The molecule has 0 saturated heterocycles. The molecule has 0 bridgehead atoms. The van der Waals surface area contributed by atoms with E-state index < -0.39 is 0 Å². The van der Waals surface area contributed by atoms with E-state index in [1.807, 2.05) is 6.92 Å². The molecule has 0 aromatic carbocycles. The van der Waals surface area contributed by atoms with Crippen molar-refractivity contribution in [1.82, 2.24) is 0 Å². The zero-order chi connectivity index (χ0) is 8.43. The second-order valence-corrected chi connectivity index (χ2v) is 2.87. The van der Waals surface area contributed by atoms with Crippen molar-refractivity contribution in [2.45, 2.75) is 19.8 Å². The normalized spacial score (nSPS) is 18.7. The third-order valence-electron chi connectivity index (χ3n) is 1.62. The fourth-order valence-electron chi connectivity index (χ4n) is 1.06. The van der Waals surface area contributed by atoms with Gasteiger partial charge in [0.05, 0.1) is 0 Å². The summed E-state index contributed by atoms with van der Waals surface area (Å²) in [6, 6.07) is 0. The Morgan fingerprint density at radius 1 is 1.73 bits per heavy atom. The first kappa shape index (κ1) is 8.34. The molecule has 0 spiro atoms. The smallest absolute Gasteiger partial charge is 0.164 e. The number of allylic oxidation sites excluding steroid dienone is 3. The zero-order valence-electron chi connectivity index (χ0n) is 6.22. The lowest BCUT2D eigenvalue weighted by molar-refractivity contribution is -0.114. The lowest BCUT2D eigenvalue weighted by Crippen LogP contribution is -2.05. The van der Waals surface area contributed by atoms with Crippen molar-refractivity contribution in [1.29, 1.82) is 0 Å². The predicted molar refractivity (Wildman–Crippen MR) is 43.5 cm³/mol. The Labute approximate surface area is 70.2 Å². The summed E-state index contributed by atoms with van der Waals surface area (Å²) in [4.78, 5) is 10.8. The minimum atomic E-state index is -0.135. The molecule has 1 N–H and O–H groups in total. The van der Waals surface area contributed by atoms with Crippen LogP contribution in [-0.4, -0.2) is 10.9 Å². The molecule has 1 rings (SSSR count). The van der Waals surface area contributed by atoms with E-state index in [1.165, 1.54) is 6.08 Å². The van der Waals surface area contributed by atoms with E-state index in [2.05, 4.69) is 0 Å². The van der Waals surface area contributed by atoms with Gasteiger partial charge in [0.2, 0.25) is 0 Å². The summed E-state index contributed by atoms with van der Waals surface area (Å²) in [6.07, 6.45) is 2.12. The highest BCUT2D eigenvalue weighted by Gasteiger charge is 2.16. The van der Waals surface area contributed by atoms with Crippen LogP contribution in [0.5, 0.6) is 0 Å². The van der Waals surface area contributed by atoms with Crippen LogP contribution in [0, 0.1) is 0 Å². The standard InChI is InChI=1S/C8H9ClO2/c1-2-6-7(9)3-5(10)4-8(6)11/h4,11H,2-3H2,1H3.